The van der Waals surface area contributed by atoms with E-state index in [9.17, 15) is 4.79 Å². The minimum Gasteiger partial charge on any atom is -0.483 e. The number of halogens is 3. The van der Waals surface area contributed by atoms with Gasteiger partial charge in [0.1, 0.15) is 5.02 Å². The molecule has 0 atom stereocenters. The molecule has 1 heterocycles. The molecule has 16 heavy (non-hydrogen) atoms. The zero-order valence-corrected chi connectivity index (χ0v) is 9.71. The van der Waals surface area contributed by atoms with Crippen molar-refractivity contribution in [2.45, 2.75) is 0 Å². The second kappa shape index (κ2) is 6.37. The van der Waals surface area contributed by atoms with Gasteiger partial charge >= 0.3 is 5.97 Å². The van der Waals surface area contributed by atoms with Crippen molar-refractivity contribution in [2.24, 2.45) is 0 Å². The first-order chi connectivity index (χ1) is 7.36. The lowest BCUT2D eigenvalue weighted by Gasteiger charge is -2.04. The number of hydrogen-bond donors (Lipinski definition) is 3. The predicted molar refractivity (Wildman–Crippen MR) is 59.3 cm³/mol. The first-order valence-corrected chi connectivity index (χ1v) is 4.61. The Balaban J connectivity index is 0.000000673. The molecule has 0 bridgehead atoms. The van der Waals surface area contributed by atoms with E-state index < -0.39 is 11.7 Å². The van der Waals surface area contributed by atoms with Gasteiger partial charge in [0.25, 0.3) is 6.47 Å². The van der Waals surface area contributed by atoms with Crippen LogP contribution in [-0.2, 0) is 4.79 Å². The quantitative estimate of drug-likeness (QED) is 0.538. The number of carboxylic acids is 1. The maximum Gasteiger partial charge on any atom is 0.356 e. The van der Waals surface area contributed by atoms with Gasteiger partial charge in [-0.15, -0.1) is 0 Å². The maximum atomic E-state index is 10.5. The molecule has 0 fully saturated rings. The minimum atomic E-state index is -1.31. The third kappa shape index (κ3) is 3.41. The van der Waals surface area contributed by atoms with Crippen molar-refractivity contribution in [1.82, 2.24) is 4.98 Å². The van der Waals surface area contributed by atoms with Crippen LogP contribution in [0.25, 0.3) is 0 Å². The predicted octanol–water partition coefficient (Wildman–Crippen LogP) is 2.02. The molecule has 0 saturated heterocycles. The van der Waals surface area contributed by atoms with E-state index in [0.717, 1.165) is 0 Å². The van der Waals surface area contributed by atoms with Gasteiger partial charge in [-0.2, -0.15) is 0 Å². The molecule has 0 aliphatic carbocycles. The van der Waals surface area contributed by atoms with Crippen molar-refractivity contribution in [3.05, 3.63) is 20.9 Å². The summed E-state index contributed by atoms with van der Waals surface area (Å²) in [6.07, 6.45) is 0. The van der Waals surface area contributed by atoms with Gasteiger partial charge in [-0.05, 0) is 0 Å². The van der Waals surface area contributed by atoms with Crippen LogP contribution in [0.1, 0.15) is 10.5 Å². The van der Waals surface area contributed by atoms with Crippen molar-refractivity contribution >= 4 is 52.9 Å². The summed E-state index contributed by atoms with van der Waals surface area (Å²) in [5.74, 6) is -1.31. The van der Waals surface area contributed by atoms with Crippen LogP contribution in [0.2, 0.25) is 15.2 Å². The smallest absolute Gasteiger partial charge is 0.356 e. The van der Waals surface area contributed by atoms with Gasteiger partial charge < -0.3 is 15.9 Å². The maximum absolute atomic E-state index is 10.5. The Hall–Kier alpha value is -1.24. The number of carbonyl (C=O) groups is 2. The molecule has 88 valence electrons. The van der Waals surface area contributed by atoms with E-state index in [0.29, 0.717) is 0 Å². The number of nitrogen functional groups attached to an aromatic ring is 1. The lowest BCUT2D eigenvalue weighted by Crippen LogP contribution is -2.04. The molecule has 9 heteroatoms. The molecule has 0 saturated carbocycles. The molecule has 0 amide bonds. The summed E-state index contributed by atoms with van der Waals surface area (Å²) in [6.45, 7) is -0.250. The van der Waals surface area contributed by atoms with Crippen molar-refractivity contribution in [1.29, 1.82) is 0 Å². The lowest BCUT2D eigenvalue weighted by atomic mass is 10.3. The van der Waals surface area contributed by atoms with Crippen LogP contribution in [-0.4, -0.2) is 27.6 Å². The third-order valence-electron chi connectivity index (χ3n) is 1.27. The van der Waals surface area contributed by atoms with E-state index in [-0.39, 0.29) is 27.4 Å². The van der Waals surface area contributed by atoms with E-state index in [1.807, 2.05) is 0 Å². The summed E-state index contributed by atoms with van der Waals surface area (Å²) in [7, 11) is 0. The zero-order chi connectivity index (χ0) is 12.9. The molecule has 1 rings (SSSR count). The van der Waals surface area contributed by atoms with Crippen LogP contribution in [0.5, 0.6) is 0 Å². The molecule has 1 aromatic heterocycles. The monoisotopic (exact) mass is 286 g/mol. The number of rotatable bonds is 1. The standard InChI is InChI=1S/C6H3Cl3N2O2.CH2O2/c7-1-3(10)2(8)5(9)11-4(1)6(12)13;2-1-3/h(H2,10,11)(H,12,13);1H,(H,2,3). The number of aromatic carboxylic acids is 1. The normalized spacial score (nSPS) is 8.94. The van der Waals surface area contributed by atoms with Crippen molar-refractivity contribution in [3.63, 3.8) is 0 Å². The van der Waals surface area contributed by atoms with Gasteiger partial charge in [-0.3, -0.25) is 4.79 Å². The van der Waals surface area contributed by atoms with Crippen LogP contribution in [0.4, 0.5) is 5.69 Å². The first-order valence-electron chi connectivity index (χ1n) is 3.47. The summed E-state index contributed by atoms with van der Waals surface area (Å²) in [6, 6.07) is 0. The highest BCUT2D eigenvalue weighted by atomic mass is 35.5. The topological polar surface area (TPSA) is 114 Å². The highest BCUT2D eigenvalue weighted by Gasteiger charge is 2.18. The average Bonchev–Trinajstić information content (AvgIpc) is 2.21. The Kier molecular flexibility index (Phi) is 5.87. The number of anilines is 1. The second-order valence-corrected chi connectivity index (χ2v) is 3.32. The average molecular weight is 287 g/mol. The lowest BCUT2D eigenvalue weighted by molar-refractivity contribution is -0.122. The van der Waals surface area contributed by atoms with Crippen molar-refractivity contribution in [2.75, 3.05) is 5.73 Å². The van der Waals surface area contributed by atoms with Gasteiger partial charge in [0.05, 0.1) is 10.7 Å². The first kappa shape index (κ1) is 14.8. The van der Waals surface area contributed by atoms with Crippen LogP contribution in [0.15, 0.2) is 0 Å². The Bertz CT molecular complexity index is 425. The zero-order valence-electron chi connectivity index (χ0n) is 7.45. The van der Waals surface area contributed by atoms with Crippen LogP contribution >= 0.6 is 34.8 Å². The summed E-state index contributed by atoms with van der Waals surface area (Å²) in [4.78, 5) is 22.3. The van der Waals surface area contributed by atoms with Gasteiger partial charge in [-0.1, -0.05) is 34.8 Å². The SMILES string of the molecule is Nc1c(Cl)c(Cl)nc(C(=O)O)c1Cl.O=CO. The molecule has 1 aromatic rings. The van der Waals surface area contributed by atoms with Gasteiger partial charge in [0.15, 0.2) is 10.8 Å². The minimum absolute atomic E-state index is 0.0448. The summed E-state index contributed by atoms with van der Waals surface area (Å²) >= 11 is 16.6. The van der Waals surface area contributed by atoms with E-state index in [1.54, 1.807) is 0 Å². The second-order valence-electron chi connectivity index (χ2n) is 2.20. The molecule has 0 spiro atoms. The van der Waals surface area contributed by atoms with Gasteiger partial charge in [0.2, 0.25) is 0 Å². The fourth-order valence-electron chi connectivity index (χ4n) is 0.673. The highest BCUT2D eigenvalue weighted by molar-refractivity contribution is 6.46. The molecule has 0 aromatic carbocycles. The Morgan fingerprint density at radius 2 is 1.75 bits per heavy atom. The number of carboxylic acid groups (broad SMARTS) is 2. The molecule has 0 unspecified atom stereocenters. The van der Waals surface area contributed by atoms with E-state index in [4.69, 9.17) is 55.5 Å². The van der Waals surface area contributed by atoms with Gasteiger partial charge in [0, 0.05) is 0 Å². The molecular weight excluding hydrogens is 282 g/mol. The Morgan fingerprint density at radius 3 is 2.12 bits per heavy atom. The number of nitrogens with two attached hydrogens (primary N) is 1. The molecule has 4 N–H and O–H groups in total. The highest BCUT2D eigenvalue weighted by Crippen LogP contribution is 2.34. The largest absolute Gasteiger partial charge is 0.483 e. The number of pyridine rings is 1. The van der Waals surface area contributed by atoms with Crippen molar-refractivity contribution in [3.8, 4) is 0 Å². The number of hydrogen-bond acceptors (Lipinski definition) is 4. The number of nitrogens with zero attached hydrogens (tertiary/aromatic N) is 1. The Morgan fingerprint density at radius 1 is 1.31 bits per heavy atom. The fraction of sp³-hybridized carbons (Fsp3) is 0. The van der Waals surface area contributed by atoms with E-state index in [1.165, 1.54) is 0 Å². The van der Waals surface area contributed by atoms with E-state index in [2.05, 4.69) is 4.98 Å². The molecule has 0 radical (unpaired) electrons. The third-order valence-corrected chi connectivity index (χ3v) is 2.41. The van der Waals surface area contributed by atoms with Gasteiger partial charge in [-0.25, -0.2) is 9.78 Å². The molecule has 6 nitrogen and oxygen atoms in total. The molecule has 0 aliphatic heterocycles. The fourth-order valence-corrected chi connectivity index (χ4v) is 1.26. The van der Waals surface area contributed by atoms with Crippen LogP contribution in [0.3, 0.4) is 0 Å². The summed E-state index contributed by atoms with van der Waals surface area (Å²) in [5, 5.41) is 15.1. The number of aromatic nitrogens is 1. The van der Waals surface area contributed by atoms with Crippen molar-refractivity contribution < 1.29 is 19.8 Å². The van der Waals surface area contributed by atoms with E-state index >= 15 is 0 Å². The molecular formula is C7H5Cl3N2O4. The summed E-state index contributed by atoms with van der Waals surface area (Å²) < 4.78 is 0. The Labute approximate surface area is 105 Å². The van der Waals surface area contributed by atoms with Crippen LogP contribution in [0, 0.1) is 0 Å². The molecule has 0 aliphatic rings. The summed E-state index contributed by atoms with van der Waals surface area (Å²) in [5.41, 5.74) is 4.88. The van der Waals surface area contributed by atoms with Crippen LogP contribution < -0.4 is 5.73 Å².